The van der Waals surface area contributed by atoms with E-state index in [1.54, 1.807) is 0 Å². The van der Waals surface area contributed by atoms with Crippen molar-refractivity contribution in [2.45, 2.75) is 23.0 Å². The number of nitrogens with one attached hydrogen (secondary N) is 2. The maximum atomic E-state index is 12.5. The molecular formula is C13H16N2OS. The molecule has 17 heavy (non-hydrogen) atoms. The van der Waals surface area contributed by atoms with Crippen LogP contribution in [0.1, 0.15) is 12.8 Å². The lowest BCUT2D eigenvalue weighted by atomic mass is 10.2. The fourth-order valence-electron chi connectivity index (χ4n) is 2.40. The van der Waals surface area contributed by atoms with Crippen molar-refractivity contribution < 1.29 is 4.21 Å². The first kappa shape index (κ1) is 11.0. The van der Waals surface area contributed by atoms with Gasteiger partial charge in [-0.15, -0.1) is 0 Å². The summed E-state index contributed by atoms with van der Waals surface area (Å²) in [5.74, 6) is 0. The van der Waals surface area contributed by atoms with Crippen molar-refractivity contribution >= 4 is 21.7 Å². The molecule has 1 fully saturated rings. The zero-order chi connectivity index (χ0) is 11.7. The highest BCUT2D eigenvalue weighted by atomic mass is 32.2. The zero-order valence-corrected chi connectivity index (χ0v) is 10.4. The number of piperidine rings is 1. The first-order valence-electron chi connectivity index (χ1n) is 6.03. The van der Waals surface area contributed by atoms with Crippen LogP contribution < -0.4 is 5.32 Å². The Bertz CT molecular complexity index is 543. The van der Waals surface area contributed by atoms with E-state index in [2.05, 4.69) is 10.3 Å². The number of hydrogen-bond acceptors (Lipinski definition) is 2. The van der Waals surface area contributed by atoms with Gasteiger partial charge in [0.05, 0.1) is 15.7 Å². The molecule has 1 aliphatic heterocycles. The third-order valence-corrected chi connectivity index (χ3v) is 5.21. The summed E-state index contributed by atoms with van der Waals surface area (Å²) in [6.07, 6.45) is 3.92. The molecule has 1 aromatic carbocycles. The minimum absolute atomic E-state index is 0.301. The summed E-state index contributed by atoms with van der Waals surface area (Å²) >= 11 is 0. The minimum atomic E-state index is -0.885. The van der Waals surface area contributed by atoms with Gasteiger partial charge >= 0.3 is 0 Å². The Morgan fingerprint density at radius 3 is 2.76 bits per heavy atom. The lowest BCUT2D eigenvalue weighted by Crippen LogP contribution is -2.33. The second kappa shape index (κ2) is 4.63. The average Bonchev–Trinajstić information content (AvgIpc) is 2.83. The number of rotatable bonds is 2. The van der Waals surface area contributed by atoms with Gasteiger partial charge in [-0.2, -0.15) is 0 Å². The molecule has 2 heterocycles. The molecule has 0 radical (unpaired) electrons. The molecule has 2 N–H and O–H groups in total. The fraction of sp³-hybridized carbons (Fsp3) is 0.385. The number of benzene rings is 1. The molecule has 1 unspecified atom stereocenters. The van der Waals surface area contributed by atoms with E-state index in [1.807, 2.05) is 30.5 Å². The first-order chi connectivity index (χ1) is 8.36. The summed E-state index contributed by atoms with van der Waals surface area (Å²) in [6, 6.07) is 8.06. The van der Waals surface area contributed by atoms with Crippen LogP contribution in [0.2, 0.25) is 0 Å². The number of H-pyrrole nitrogens is 1. The summed E-state index contributed by atoms with van der Waals surface area (Å²) < 4.78 is 12.5. The summed E-state index contributed by atoms with van der Waals surface area (Å²) in [4.78, 5) is 4.16. The Labute approximate surface area is 103 Å². The van der Waals surface area contributed by atoms with Gasteiger partial charge < -0.3 is 10.3 Å². The average molecular weight is 248 g/mol. The largest absolute Gasteiger partial charge is 0.360 e. The quantitative estimate of drug-likeness (QED) is 0.854. The number of hydrogen-bond donors (Lipinski definition) is 2. The van der Waals surface area contributed by atoms with E-state index in [1.165, 1.54) is 0 Å². The SMILES string of the molecule is O=S(c1c[nH]c2ccccc12)C1CCNCC1. The van der Waals surface area contributed by atoms with Gasteiger partial charge in [-0.3, -0.25) is 4.21 Å². The Balaban J connectivity index is 1.95. The molecule has 0 amide bonds. The van der Waals surface area contributed by atoms with Crippen molar-refractivity contribution in [1.29, 1.82) is 0 Å². The lowest BCUT2D eigenvalue weighted by molar-refractivity contribution is 0.520. The maximum absolute atomic E-state index is 12.5. The highest BCUT2D eigenvalue weighted by Crippen LogP contribution is 2.25. The topological polar surface area (TPSA) is 44.9 Å². The molecule has 0 saturated carbocycles. The van der Waals surface area contributed by atoms with Gasteiger partial charge in [-0.25, -0.2) is 0 Å². The van der Waals surface area contributed by atoms with Gasteiger partial charge in [-0.1, -0.05) is 18.2 Å². The summed E-state index contributed by atoms with van der Waals surface area (Å²) in [5.41, 5.74) is 1.07. The monoisotopic (exact) mass is 248 g/mol. The molecule has 0 aliphatic carbocycles. The van der Waals surface area contributed by atoms with Crippen molar-refractivity contribution in [2.24, 2.45) is 0 Å². The molecule has 0 spiro atoms. The van der Waals surface area contributed by atoms with E-state index in [0.717, 1.165) is 41.7 Å². The minimum Gasteiger partial charge on any atom is -0.360 e. The predicted molar refractivity (Wildman–Crippen MR) is 70.6 cm³/mol. The van der Waals surface area contributed by atoms with E-state index in [-0.39, 0.29) is 0 Å². The number of para-hydroxylation sites is 1. The second-order valence-corrected chi connectivity index (χ2v) is 6.15. The van der Waals surface area contributed by atoms with Gasteiger partial charge in [0.15, 0.2) is 0 Å². The number of aromatic nitrogens is 1. The van der Waals surface area contributed by atoms with E-state index < -0.39 is 10.8 Å². The summed E-state index contributed by atoms with van der Waals surface area (Å²) in [6.45, 7) is 1.97. The third kappa shape index (κ3) is 2.03. The van der Waals surface area contributed by atoms with Crippen LogP contribution in [0.3, 0.4) is 0 Å². The van der Waals surface area contributed by atoms with Crippen LogP contribution in [0.5, 0.6) is 0 Å². The molecule has 4 heteroatoms. The van der Waals surface area contributed by atoms with Crippen molar-refractivity contribution in [3.63, 3.8) is 0 Å². The summed E-state index contributed by atoms with van der Waals surface area (Å²) in [7, 11) is -0.885. The fourth-order valence-corrected chi connectivity index (χ4v) is 3.99. The van der Waals surface area contributed by atoms with Crippen LogP contribution >= 0.6 is 0 Å². The Morgan fingerprint density at radius 1 is 1.18 bits per heavy atom. The Hall–Kier alpha value is -1.13. The van der Waals surface area contributed by atoms with Crippen molar-refractivity contribution in [2.75, 3.05) is 13.1 Å². The van der Waals surface area contributed by atoms with Gasteiger partial charge in [-0.05, 0) is 32.0 Å². The van der Waals surface area contributed by atoms with Crippen LogP contribution in [-0.4, -0.2) is 27.5 Å². The molecular weight excluding hydrogens is 232 g/mol. The van der Waals surface area contributed by atoms with Crippen LogP contribution in [-0.2, 0) is 10.8 Å². The number of fused-ring (bicyclic) bond motifs is 1. The van der Waals surface area contributed by atoms with E-state index in [9.17, 15) is 4.21 Å². The molecule has 2 aromatic rings. The molecule has 1 aliphatic rings. The molecule has 1 aromatic heterocycles. The normalized spacial score (nSPS) is 19.5. The highest BCUT2D eigenvalue weighted by molar-refractivity contribution is 7.86. The molecule has 0 bridgehead atoms. The van der Waals surface area contributed by atoms with E-state index in [4.69, 9.17) is 0 Å². The Kier molecular flexibility index (Phi) is 2.99. The first-order valence-corrected chi connectivity index (χ1v) is 7.25. The third-order valence-electron chi connectivity index (χ3n) is 3.36. The van der Waals surface area contributed by atoms with Gasteiger partial charge in [0.25, 0.3) is 0 Å². The lowest BCUT2D eigenvalue weighted by Gasteiger charge is -2.21. The van der Waals surface area contributed by atoms with Crippen LogP contribution in [0, 0.1) is 0 Å². The van der Waals surface area contributed by atoms with Gasteiger partial charge in [0, 0.05) is 22.3 Å². The zero-order valence-electron chi connectivity index (χ0n) is 9.61. The summed E-state index contributed by atoms with van der Waals surface area (Å²) in [5, 5.41) is 4.71. The standard InChI is InChI=1S/C13H16N2OS/c16-17(10-5-7-14-8-6-10)13-9-15-12-4-2-1-3-11(12)13/h1-4,9-10,14-15H,5-8H2. The second-order valence-electron chi connectivity index (χ2n) is 4.45. The van der Waals surface area contributed by atoms with Gasteiger partial charge in [0.2, 0.25) is 0 Å². The number of aromatic amines is 1. The molecule has 1 saturated heterocycles. The van der Waals surface area contributed by atoms with Crippen molar-refractivity contribution in [1.82, 2.24) is 10.3 Å². The smallest absolute Gasteiger partial charge is 0.0644 e. The molecule has 90 valence electrons. The maximum Gasteiger partial charge on any atom is 0.0644 e. The molecule has 1 atom stereocenters. The molecule has 3 nitrogen and oxygen atoms in total. The molecule has 3 rings (SSSR count). The Morgan fingerprint density at radius 2 is 1.94 bits per heavy atom. The predicted octanol–water partition coefficient (Wildman–Crippen LogP) is 2.03. The van der Waals surface area contributed by atoms with Crippen LogP contribution in [0.4, 0.5) is 0 Å². The van der Waals surface area contributed by atoms with Gasteiger partial charge in [0.1, 0.15) is 0 Å². The highest BCUT2D eigenvalue weighted by Gasteiger charge is 2.22. The van der Waals surface area contributed by atoms with Crippen LogP contribution in [0.25, 0.3) is 10.9 Å². The van der Waals surface area contributed by atoms with Crippen molar-refractivity contribution in [3.05, 3.63) is 30.5 Å². The van der Waals surface area contributed by atoms with Crippen LogP contribution in [0.15, 0.2) is 35.4 Å². The van der Waals surface area contributed by atoms with E-state index >= 15 is 0 Å². The van der Waals surface area contributed by atoms with Crippen molar-refractivity contribution in [3.8, 4) is 0 Å². The van der Waals surface area contributed by atoms with E-state index in [0.29, 0.717) is 5.25 Å².